The van der Waals surface area contributed by atoms with E-state index in [1.54, 1.807) is 0 Å². The highest BCUT2D eigenvalue weighted by molar-refractivity contribution is 6.21. The molecule has 1 fully saturated rings. The Morgan fingerprint density at radius 1 is 1.21 bits per heavy atom. The van der Waals surface area contributed by atoms with Crippen LogP contribution >= 0.6 is 11.6 Å². The van der Waals surface area contributed by atoms with E-state index in [1.165, 1.54) is 0 Å². The molecule has 0 bridgehead atoms. The van der Waals surface area contributed by atoms with Crippen LogP contribution < -0.4 is 0 Å². The van der Waals surface area contributed by atoms with Crippen molar-refractivity contribution in [2.45, 2.75) is 88.2 Å². The van der Waals surface area contributed by atoms with Gasteiger partial charge in [0.1, 0.15) is 0 Å². The van der Waals surface area contributed by atoms with Crippen molar-refractivity contribution in [3.63, 3.8) is 0 Å². The van der Waals surface area contributed by atoms with Gasteiger partial charge < -0.3 is 15.3 Å². The summed E-state index contributed by atoms with van der Waals surface area (Å²) >= 11 is 6.54. The molecule has 1 aliphatic rings. The van der Waals surface area contributed by atoms with Crippen LogP contribution in [-0.2, 0) is 4.79 Å². The van der Waals surface area contributed by atoms with Gasteiger partial charge in [-0.15, -0.1) is 11.6 Å². The van der Waals surface area contributed by atoms with E-state index in [0.717, 1.165) is 49.7 Å². The molecule has 0 unspecified atom stereocenters. The molecule has 2 rings (SSSR count). The van der Waals surface area contributed by atoms with Gasteiger partial charge in [-0.25, -0.2) is 0 Å². The van der Waals surface area contributed by atoms with E-state index in [1.807, 2.05) is 30.3 Å². The number of halogens is 1. The van der Waals surface area contributed by atoms with Crippen molar-refractivity contribution < 1.29 is 20.1 Å². The van der Waals surface area contributed by atoms with Gasteiger partial charge in [0, 0.05) is 17.7 Å². The number of allylic oxidation sites excluding steroid dienone is 2. The Labute approximate surface area is 179 Å². The molecule has 3 N–H and O–H groups in total. The number of aliphatic hydroxyl groups excluding tert-OH is 2. The number of aliphatic carboxylic acids is 1. The average molecular weight is 423 g/mol. The van der Waals surface area contributed by atoms with Crippen molar-refractivity contribution in [3.8, 4) is 0 Å². The summed E-state index contributed by atoms with van der Waals surface area (Å²) in [6.45, 7) is 2.15. The molecule has 29 heavy (non-hydrogen) atoms. The van der Waals surface area contributed by atoms with Gasteiger partial charge in [0.25, 0.3) is 0 Å². The quantitative estimate of drug-likeness (QED) is 0.233. The van der Waals surface area contributed by atoms with Crippen LogP contribution in [0.2, 0.25) is 0 Å². The van der Waals surface area contributed by atoms with Gasteiger partial charge in [0.05, 0.1) is 12.2 Å². The topological polar surface area (TPSA) is 77.8 Å². The third kappa shape index (κ3) is 7.44. The first-order chi connectivity index (χ1) is 13.9. The molecular formula is C24H35ClO4. The summed E-state index contributed by atoms with van der Waals surface area (Å²) in [7, 11) is 0. The number of carboxylic acid groups (broad SMARTS) is 1. The van der Waals surface area contributed by atoms with Gasteiger partial charge in [-0.3, -0.25) is 4.79 Å². The molecule has 1 aromatic carbocycles. The summed E-state index contributed by atoms with van der Waals surface area (Å²) < 4.78 is 0. The molecule has 0 amide bonds. The fourth-order valence-electron chi connectivity index (χ4n) is 4.26. The normalized spacial score (nSPS) is 25.5. The lowest BCUT2D eigenvalue weighted by molar-refractivity contribution is -0.137. The van der Waals surface area contributed by atoms with Crippen molar-refractivity contribution in [1.82, 2.24) is 0 Å². The lowest BCUT2D eigenvalue weighted by Crippen LogP contribution is -2.18. The van der Waals surface area contributed by atoms with E-state index in [2.05, 4.69) is 13.0 Å². The average Bonchev–Trinajstić information content (AvgIpc) is 2.97. The highest BCUT2D eigenvalue weighted by Crippen LogP contribution is 2.45. The molecule has 0 aliphatic heterocycles. The van der Waals surface area contributed by atoms with Crippen LogP contribution in [0.1, 0.15) is 87.9 Å². The van der Waals surface area contributed by atoms with E-state index in [0.29, 0.717) is 12.8 Å². The SMILES string of the molecule is CCCCC[C@@H](O)c1ccc([C@@H]2[C@@H](C/C=C\CCCC(=O)O)[C@H](Cl)C[C@H]2O)cc1. The number of carboxylic acids is 1. The number of alkyl halides is 1. The van der Waals surface area contributed by atoms with Gasteiger partial charge in [-0.1, -0.05) is 62.6 Å². The molecule has 162 valence electrons. The van der Waals surface area contributed by atoms with Crippen LogP contribution in [0.25, 0.3) is 0 Å². The molecule has 0 aromatic heterocycles. The molecule has 1 saturated carbocycles. The van der Waals surface area contributed by atoms with Gasteiger partial charge >= 0.3 is 5.97 Å². The first-order valence-electron chi connectivity index (χ1n) is 10.9. The van der Waals surface area contributed by atoms with Crippen LogP contribution in [0.15, 0.2) is 36.4 Å². The Hall–Kier alpha value is -1.36. The molecule has 5 heteroatoms. The second kappa shape index (κ2) is 12.4. The Bertz CT molecular complexity index is 643. The second-order valence-electron chi connectivity index (χ2n) is 8.18. The number of carbonyl (C=O) groups is 1. The zero-order chi connectivity index (χ0) is 21.2. The molecular weight excluding hydrogens is 388 g/mol. The maximum atomic E-state index is 10.6. The molecule has 1 aliphatic carbocycles. The molecule has 1 aromatic rings. The molecule has 5 atom stereocenters. The van der Waals surface area contributed by atoms with Crippen molar-refractivity contribution in [2.75, 3.05) is 0 Å². The summed E-state index contributed by atoms with van der Waals surface area (Å²) in [6.07, 6.45) is 10.2. The number of hydrogen-bond acceptors (Lipinski definition) is 3. The number of benzene rings is 1. The number of rotatable bonds is 12. The largest absolute Gasteiger partial charge is 0.481 e. The van der Waals surface area contributed by atoms with Crippen LogP contribution in [0, 0.1) is 5.92 Å². The van der Waals surface area contributed by atoms with Crippen LogP contribution in [0.3, 0.4) is 0 Å². The highest BCUT2D eigenvalue weighted by atomic mass is 35.5. The highest BCUT2D eigenvalue weighted by Gasteiger charge is 2.41. The van der Waals surface area contributed by atoms with Crippen molar-refractivity contribution in [1.29, 1.82) is 0 Å². The Balaban J connectivity index is 1.96. The van der Waals surface area contributed by atoms with Crippen molar-refractivity contribution in [3.05, 3.63) is 47.5 Å². The first kappa shape index (κ1) is 23.9. The van der Waals surface area contributed by atoms with E-state index >= 15 is 0 Å². The van der Waals surface area contributed by atoms with E-state index < -0.39 is 18.2 Å². The molecule has 0 spiro atoms. The third-order valence-electron chi connectivity index (χ3n) is 5.93. The minimum Gasteiger partial charge on any atom is -0.481 e. The Kier molecular flexibility index (Phi) is 10.2. The summed E-state index contributed by atoms with van der Waals surface area (Å²) in [5, 5.41) is 29.5. The van der Waals surface area contributed by atoms with Gasteiger partial charge in [0.15, 0.2) is 0 Å². The van der Waals surface area contributed by atoms with Gasteiger partial charge in [-0.2, -0.15) is 0 Å². The number of hydrogen-bond donors (Lipinski definition) is 3. The minimum absolute atomic E-state index is 0.0209. The smallest absolute Gasteiger partial charge is 0.303 e. The van der Waals surface area contributed by atoms with Crippen molar-refractivity contribution >= 4 is 17.6 Å². The zero-order valence-corrected chi connectivity index (χ0v) is 18.1. The molecule has 4 nitrogen and oxygen atoms in total. The van der Waals surface area contributed by atoms with Crippen LogP contribution in [0.4, 0.5) is 0 Å². The molecule has 0 saturated heterocycles. The minimum atomic E-state index is -0.767. The maximum absolute atomic E-state index is 10.6. The van der Waals surface area contributed by atoms with E-state index in [-0.39, 0.29) is 23.6 Å². The lowest BCUT2D eigenvalue weighted by atomic mass is 9.84. The summed E-state index contributed by atoms with van der Waals surface area (Å²) in [6, 6.07) is 7.98. The maximum Gasteiger partial charge on any atom is 0.303 e. The standard InChI is InChI=1S/C24H35ClO4/c1-2-3-6-10-21(26)17-12-14-18(15-13-17)24-19(20(25)16-22(24)27)9-7-4-5-8-11-23(28)29/h4,7,12-15,19-22,24,26-27H,2-3,5-6,8-11,16H2,1H3,(H,28,29)/b7-4-/t19-,20+,21+,22+,24+/m0/s1. The van der Waals surface area contributed by atoms with Gasteiger partial charge in [0.2, 0.25) is 0 Å². The predicted octanol–water partition coefficient (Wildman–Crippen LogP) is 5.57. The van der Waals surface area contributed by atoms with E-state index in [4.69, 9.17) is 16.7 Å². The zero-order valence-electron chi connectivity index (χ0n) is 17.3. The number of aliphatic hydroxyl groups is 2. The van der Waals surface area contributed by atoms with Crippen molar-refractivity contribution in [2.24, 2.45) is 5.92 Å². The van der Waals surface area contributed by atoms with Crippen LogP contribution in [0.5, 0.6) is 0 Å². The molecule has 0 heterocycles. The predicted molar refractivity (Wildman–Crippen MR) is 117 cm³/mol. The Morgan fingerprint density at radius 2 is 1.93 bits per heavy atom. The first-order valence-corrected chi connectivity index (χ1v) is 11.3. The third-order valence-corrected chi connectivity index (χ3v) is 6.43. The monoisotopic (exact) mass is 422 g/mol. The summed E-state index contributed by atoms with van der Waals surface area (Å²) in [5.41, 5.74) is 1.99. The lowest BCUT2D eigenvalue weighted by Gasteiger charge is -2.23. The Morgan fingerprint density at radius 3 is 2.59 bits per heavy atom. The molecule has 0 radical (unpaired) electrons. The summed E-state index contributed by atoms with van der Waals surface area (Å²) in [4.78, 5) is 10.6. The van der Waals surface area contributed by atoms with Crippen LogP contribution in [-0.4, -0.2) is 32.8 Å². The summed E-state index contributed by atoms with van der Waals surface area (Å²) in [5.74, 6) is -0.646. The number of unbranched alkanes of at least 4 members (excludes halogenated alkanes) is 3. The fourth-order valence-corrected chi connectivity index (χ4v) is 4.71. The van der Waals surface area contributed by atoms with E-state index in [9.17, 15) is 15.0 Å². The second-order valence-corrected chi connectivity index (χ2v) is 8.74. The fraction of sp³-hybridized carbons (Fsp3) is 0.625. The van der Waals surface area contributed by atoms with Gasteiger partial charge in [-0.05, 0) is 49.1 Å².